The van der Waals surface area contributed by atoms with Gasteiger partial charge in [0.2, 0.25) is 0 Å². The number of benzene rings is 4. The molecule has 168 valence electrons. The lowest BCUT2D eigenvalue weighted by atomic mass is 9.97. The van der Waals surface area contributed by atoms with Gasteiger partial charge in [-0.3, -0.25) is 19.7 Å². The lowest BCUT2D eigenvalue weighted by molar-refractivity contribution is -0.385. The van der Waals surface area contributed by atoms with E-state index in [9.17, 15) is 19.7 Å². The summed E-state index contributed by atoms with van der Waals surface area (Å²) in [6, 6.07) is 26.6. The van der Waals surface area contributed by atoms with E-state index < -0.39 is 10.8 Å². The highest BCUT2D eigenvalue weighted by Gasteiger charge is 2.26. The van der Waals surface area contributed by atoms with Crippen LogP contribution in [0.3, 0.4) is 0 Å². The van der Waals surface area contributed by atoms with Crippen molar-refractivity contribution in [3.05, 3.63) is 124 Å². The number of amides is 1. The van der Waals surface area contributed by atoms with Gasteiger partial charge in [-0.05, 0) is 29.8 Å². The van der Waals surface area contributed by atoms with E-state index in [1.54, 1.807) is 84.9 Å². The van der Waals surface area contributed by atoms with Gasteiger partial charge >= 0.3 is 0 Å². The monoisotopic (exact) mass is 452 g/mol. The number of anilines is 1. The van der Waals surface area contributed by atoms with Crippen LogP contribution < -0.4 is 10.1 Å². The van der Waals surface area contributed by atoms with E-state index in [-0.39, 0.29) is 28.3 Å². The second-order valence-electron chi connectivity index (χ2n) is 7.38. The van der Waals surface area contributed by atoms with E-state index in [4.69, 9.17) is 4.74 Å². The quantitative estimate of drug-likeness (QED) is 0.219. The summed E-state index contributed by atoms with van der Waals surface area (Å²) < 4.78 is 5.18. The molecule has 7 nitrogen and oxygen atoms in total. The number of rotatable bonds is 7. The van der Waals surface area contributed by atoms with E-state index in [2.05, 4.69) is 5.32 Å². The second-order valence-corrected chi connectivity index (χ2v) is 7.38. The summed E-state index contributed by atoms with van der Waals surface area (Å²) in [5, 5.41) is 14.5. The van der Waals surface area contributed by atoms with Gasteiger partial charge in [0.25, 0.3) is 11.6 Å². The minimum atomic E-state index is -0.688. The van der Waals surface area contributed by atoms with Crippen molar-refractivity contribution in [1.82, 2.24) is 0 Å². The summed E-state index contributed by atoms with van der Waals surface area (Å²) in [5.41, 5.74) is 1.59. The third-order valence-corrected chi connectivity index (χ3v) is 5.32. The van der Waals surface area contributed by atoms with Crippen LogP contribution in [0.2, 0.25) is 0 Å². The van der Waals surface area contributed by atoms with Crippen molar-refractivity contribution in [2.45, 2.75) is 0 Å². The molecule has 0 aliphatic rings. The summed E-state index contributed by atoms with van der Waals surface area (Å²) in [6.45, 7) is 0. The zero-order valence-electron chi connectivity index (χ0n) is 18.2. The number of carbonyl (C=O) groups excluding carboxylic acids is 2. The Morgan fingerprint density at radius 1 is 0.824 bits per heavy atom. The molecule has 1 N–H and O–H groups in total. The first-order valence-electron chi connectivity index (χ1n) is 10.4. The largest absolute Gasteiger partial charge is 0.497 e. The van der Waals surface area contributed by atoms with Crippen LogP contribution in [0.1, 0.15) is 26.3 Å². The minimum absolute atomic E-state index is 0.0976. The molecule has 0 radical (unpaired) electrons. The van der Waals surface area contributed by atoms with Crippen LogP contribution in [-0.2, 0) is 0 Å². The standard InChI is InChI=1S/C27H20N2O5/c1-34-20-16-14-18(15-17-20)21-11-7-13-24(29(32)33)25(21)27(31)28-23-12-6-5-10-22(23)26(30)19-8-3-2-4-9-19/h2-17H,1H3,(H,28,31). The van der Waals surface area contributed by atoms with Crippen LogP contribution in [0.15, 0.2) is 97.1 Å². The van der Waals surface area contributed by atoms with E-state index >= 15 is 0 Å². The molecule has 4 aromatic carbocycles. The van der Waals surface area contributed by atoms with Crippen molar-refractivity contribution in [1.29, 1.82) is 0 Å². The van der Waals surface area contributed by atoms with Crippen molar-refractivity contribution in [2.75, 3.05) is 12.4 Å². The molecule has 1 amide bonds. The molecular formula is C27H20N2O5. The molecule has 0 saturated heterocycles. The normalized spacial score (nSPS) is 10.4. The highest BCUT2D eigenvalue weighted by Crippen LogP contribution is 2.33. The third-order valence-electron chi connectivity index (χ3n) is 5.32. The number of methoxy groups -OCH3 is 1. The van der Waals surface area contributed by atoms with Crippen molar-refractivity contribution in [2.24, 2.45) is 0 Å². The Hall–Kier alpha value is -4.78. The van der Waals surface area contributed by atoms with Gasteiger partial charge in [0.15, 0.2) is 5.78 Å². The Morgan fingerprint density at radius 3 is 2.18 bits per heavy atom. The summed E-state index contributed by atoms with van der Waals surface area (Å²) >= 11 is 0. The molecule has 0 aliphatic heterocycles. The average Bonchev–Trinajstić information content (AvgIpc) is 2.88. The molecule has 0 spiro atoms. The van der Waals surface area contributed by atoms with Crippen LogP contribution in [-0.4, -0.2) is 23.7 Å². The smallest absolute Gasteiger partial charge is 0.282 e. The maximum atomic E-state index is 13.4. The van der Waals surface area contributed by atoms with E-state index in [0.29, 0.717) is 22.4 Å². The SMILES string of the molecule is COc1ccc(-c2cccc([N+](=O)[O-])c2C(=O)Nc2ccccc2C(=O)c2ccccc2)cc1. The summed E-state index contributed by atoms with van der Waals surface area (Å²) in [7, 11) is 1.54. The van der Waals surface area contributed by atoms with E-state index in [0.717, 1.165) is 0 Å². The predicted octanol–water partition coefficient (Wildman–Crippen LogP) is 5.75. The van der Waals surface area contributed by atoms with Crippen LogP contribution in [0.4, 0.5) is 11.4 Å². The van der Waals surface area contributed by atoms with Crippen LogP contribution in [0.5, 0.6) is 5.75 Å². The zero-order valence-corrected chi connectivity index (χ0v) is 18.2. The minimum Gasteiger partial charge on any atom is -0.497 e. The second kappa shape index (κ2) is 9.79. The molecule has 0 aliphatic carbocycles. The van der Waals surface area contributed by atoms with Crippen molar-refractivity contribution >= 4 is 23.1 Å². The Balaban J connectivity index is 1.76. The number of carbonyl (C=O) groups is 2. The van der Waals surface area contributed by atoms with E-state index in [1.165, 1.54) is 19.2 Å². The van der Waals surface area contributed by atoms with Crippen LogP contribution >= 0.6 is 0 Å². The molecule has 0 aromatic heterocycles. The van der Waals surface area contributed by atoms with E-state index in [1.807, 2.05) is 0 Å². The fourth-order valence-electron chi connectivity index (χ4n) is 3.66. The summed E-state index contributed by atoms with van der Waals surface area (Å²) in [5.74, 6) is -0.339. The lowest BCUT2D eigenvalue weighted by Crippen LogP contribution is -2.17. The van der Waals surface area contributed by atoms with Gasteiger partial charge in [0.1, 0.15) is 11.3 Å². The Labute approximate surface area is 195 Å². The van der Waals surface area contributed by atoms with Crippen molar-refractivity contribution < 1.29 is 19.2 Å². The number of ketones is 1. The molecule has 7 heteroatoms. The number of ether oxygens (including phenoxy) is 1. The Kier molecular flexibility index (Phi) is 6.45. The summed E-state index contributed by atoms with van der Waals surface area (Å²) in [6.07, 6.45) is 0. The van der Waals surface area contributed by atoms with Crippen LogP contribution in [0, 0.1) is 10.1 Å². The number of nitro benzene ring substituents is 1. The maximum absolute atomic E-state index is 13.4. The summed E-state index contributed by atoms with van der Waals surface area (Å²) in [4.78, 5) is 37.6. The molecule has 4 rings (SSSR count). The lowest BCUT2D eigenvalue weighted by Gasteiger charge is -2.14. The van der Waals surface area contributed by atoms with Gasteiger partial charge in [-0.2, -0.15) is 0 Å². The molecule has 0 fully saturated rings. The highest BCUT2D eigenvalue weighted by molar-refractivity contribution is 6.17. The van der Waals surface area contributed by atoms with Gasteiger partial charge in [0, 0.05) is 22.8 Å². The van der Waals surface area contributed by atoms with Gasteiger partial charge in [-0.1, -0.05) is 66.7 Å². The molecular weight excluding hydrogens is 432 g/mol. The van der Waals surface area contributed by atoms with Gasteiger partial charge in [-0.15, -0.1) is 0 Å². The zero-order chi connectivity index (χ0) is 24.1. The third kappa shape index (κ3) is 4.54. The molecule has 0 atom stereocenters. The number of nitro groups is 1. The molecule has 0 saturated carbocycles. The Morgan fingerprint density at radius 2 is 1.50 bits per heavy atom. The molecule has 34 heavy (non-hydrogen) atoms. The predicted molar refractivity (Wildman–Crippen MR) is 129 cm³/mol. The number of hydrogen-bond acceptors (Lipinski definition) is 5. The average molecular weight is 452 g/mol. The maximum Gasteiger partial charge on any atom is 0.282 e. The first-order chi connectivity index (χ1) is 16.5. The number of nitrogens with one attached hydrogen (secondary N) is 1. The first-order valence-corrected chi connectivity index (χ1v) is 10.4. The first kappa shape index (κ1) is 22.4. The van der Waals surface area contributed by atoms with Gasteiger partial charge < -0.3 is 10.1 Å². The van der Waals surface area contributed by atoms with Gasteiger partial charge in [0.05, 0.1) is 17.7 Å². The molecule has 0 bridgehead atoms. The van der Waals surface area contributed by atoms with Crippen molar-refractivity contribution in [3.8, 4) is 16.9 Å². The molecule has 4 aromatic rings. The fraction of sp³-hybridized carbons (Fsp3) is 0.0370. The van der Waals surface area contributed by atoms with Crippen LogP contribution in [0.25, 0.3) is 11.1 Å². The molecule has 0 unspecified atom stereocenters. The fourth-order valence-corrected chi connectivity index (χ4v) is 3.66. The molecule has 0 heterocycles. The number of para-hydroxylation sites is 1. The van der Waals surface area contributed by atoms with Crippen molar-refractivity contribution in [3.63, 3.8) is 0 Å². The number of nitrogens with zero attached hydrogens (tertiary/aromatic N) is 1. The van der Waals surface area contributed by atoms with Gasteiger partial charge in [-0.25, -0.2) is 0 Å². The number of hydrogen-bond donors (Lipinski definition) is 1. The highest BCUT2D eigenvalue weighted by atomic mass is 16.6. The Bertz CT molecular complexity index is 1370. The topological polar surface area (TPSA) is 98.5 Å².